The topological polar surface area (TPSA) is 88.1 Å². The Hall–Kier alpha value is -3.16. The van der Waals surface area contributed by atoms with Gasteiger partial charge in [-0.3, -0.25) is 14.5 Å². The Labute approximate surface area is 175 Å². The second kappa shape index (κ2) is 10.6. The summed E-state index contributed by atoms with van der Waals surface area (Å²) in [4.78, 5) is 25.9. The van der Waals surface area contributed by atoms with Crippen LogP contribution in [0.2, 0.25) is 0 Å². The molecule has 1 fully saturated rings. The van der Waals surface area contributed by atoms with Crippen molar-refractivity contribution in [3.8, 4) is 11.5 Å². The third-order valence-electron chi connectivity index (χ3n) is 4.67. The Morgan fingerprint density at radius 3 is 2.60 bits per heavy atom. The Kier molecular flexibility index (Phi) is 7.59. The zero-order chi connectivity index (χ0) is 21.3. The number of ether oxygens (including phenoxy) is 2. The minimum atomic E-state index is -0.356. The number of nitrogens with zero attached hydrogens (tertiary/aromatic N) is 1. The molecule has 0 aliphatic carbocycles. The quantitative estimate of drug-likeness (QED) is 0.395. The molecule has 7 heteroatoms. The highest BCUT2D eigenvalue weighted by molar-refractivity contribution is 6.09. The van der Waals surface area contributed by atoms with E-state index in [4.69, 9.17) is 9.47 Å². The van der Waals surface area contributed by atoms with Gasteiger partial charge < -0.3 is 19.9 Å². The van der Waals surface area contributed by atoms with Gasteiger partial charge in [0.05, 0.1) is 18.8 Å². The molecule has 0 unspecified atom stereocenters. The van der Waals surface area contributed by atoms with Crippen LogP contribution in [0.4, 0.5) is 5.69 Å². The van der Waals surface area contributed by atoms with Crippen molar-refractivity contribution < 1.29 is 24.2 Å². The van der Waals surface area contributed by atoms with Crippen molar-refractivity contribution in [2.75, 3.05) is 44.8 Å². The standard InChI is InChI=1S/C23H26N2O5/c1-17(26)24-19-5-9-23(28)21(16-19)22(27)8-4-18-2-6-20(7-3-18)30-15-12-25-10-13-29-14-11-25/h2-9,16,28H,10-15H2,1H3,(H,24,26)/b8-4+. The number of phenolic OH excluding ortho intramolecular Hbond substituents is 1. The highest BCUT2D eigenvalue weighted by Gasteiger charge is 2.11. The summed E-state index contributed by atoms with van der Waals surface area (Å²) in [6.07, 6.45) is 3.06. The molecule has 2 N–H and O–H groups in total. The number of carbonyl (C=O) groups excluding carboxylic acids is 2. The summed E-state index contributed by atoms with van der Waals surface area (Å²) in [7, 11) is 0. The average Bonchev–Trinajstić information content (AvgIpc) is 2.75. The molecule has 0 atom stereocenters. The largest absolute Gasteiger partial charge is 0.507 e. The van der Waals surface area contributed by atoms with Gasteiger partial charge in [0.1, 0.15) is 18.1 Å². The van der Waals surface area contributed by atoms with E-state index >= 15 is 0 Å². The van der Waals surface area contributed by atoms with Crippen LogP contribution < -0.4 is 10.1 Å². The van der Waals surface area contributed by atoms with E-state index in [0.29, 0.717) is 12.3 Å². The number of hydrogen-bond acceptors (Lipinski definition) is 6. The molecule has 158 valence electrons. The van der Waals surface area contributed by atoms with Crippen molar-refractivity contribution in [2.45, 2.75) is 6.92 Å². The first-order valence-electron chi connectivity index (χ1n) is 9.87. The monoisotopic (exact) mass is 410 g/mol. The van der Waals surface area contributed by atoms with E-state index in [1.807, 2.05) is 24.3 Å². The minimum Gasteiger partial charge on any atom is -0.507 e. The molecule has 30 heavy (non-hydrogen) atoms. The fourth-order valence-corrected chi connectivity index (χ4v) is 3.07. The lowest BCUT2D eigenvalue weighted by Crippen LogP contribution is -2.38. The van der Waals surface area contributed by atoms with Gasteiger partial charge in [0, 0.05) is 32.2 Å². The zero-order valence-electron chi connectivity index (χ0n) is 17.0. The van der Waals surface area contributed by atoms with Gasteiger partial charge in [-0.25, -0.2) is 0 Å². The molecule has 0 radical (unpaired) electrons. The molecule has 2 aromatic rings. The molecule has 1 amide bonds. The molecule has 1 heterocycles. The maximum absolute atomic E-state index is 12.4. The summed E-state index contributed by atoms with van der Waals surface area (Å²) in [6.45, 7) is 6.27. The highest BCUT2D eigenvalue weighted by atomic mass is 16.5. The number of hydrogen-bond donors (Lipinski definition) is 2. The highest BCUT2D eigenvalue weighted by Crippen LogP contribution is 2.23. The Morgan fingerprint density at radius 1 is 1.17 bits per heavy atom. The molecule has 1 aliphatic heterocycles. The van der Waals surface area contributed by atoms with Crippen LogP contribution in [0.3, 0.4) is 0 Å². The number of benzene rings is 2. The van der Waals surface area contributed by atoms with E-state index in [0.717, 1.165) is 44.2 Å². The smallest absolute Gasteiger partial charge is 0.221 e. The van der Waals surface area contributed by atoms with Crippen LogP contribution in [0.15, 0.2) is 48.5 Å². The number of amides is 1. The summed E-state index contributed by atoms with van der Waals surface area (Å²) in [5.41, 5.74) is 1.41. The van der Waals surface area contributed by atoms with Crippen molar-refractivity contribution in [1.29, 1.82) is 0 Å². The van der Waals surface area contributed by atoms with E-state index in [1.165, 1.54) is 31.2 Å². The van der Waals surface area contributed by atoms with Crippen LogP contribution in [-0.2, 0) is 9.53 Å². The number of aromatic hydroxyl groups is 1. The Balaban J connectivity index is 1.54. The molecule has 3 rings (SSSR count). The number of morpholine rings is 1. The van der Waals surface area contributed by atoms with Gasteiger partial charge in [0.2, 0.25) is 5.91 Å². The maximum atomic E-state index is 12.4. The minimum absolute atomic E-state index is 0.126. The van der Waals surface area contributed by atoms with Crippen molar-refractivity contribution >= 4 is 23.5 Å². The summed E-state index contributed by atoms with van der Waals surface area (Å²) < 4.78 is 11.1. The van der Waals surface area contributed by atoms with E-state index in [9.17, 15) is 14.7 Å². The second-order valence-electron chi connectivity index (χ2n) is 6.98. The van der Waals surface area contributed by atoms with E-state index in [-0.39, 0.29) is 23.0 Å². The number of carbonyl (C=O) groups is 2. The molecule has 1 aliphatic rings. The SMILES string of the molecule is CC(=O)Nc1ccc(O)c(C(=O)/C=C/c2ccc(OCCN3CCOCC3)cc2)c1. The van der Waals surface area contributed by atoms with Gasteiger partial charge in [-0.05, 0) is 42.0 Å². The van der Waals surface area contributed by atoms with Crippen molar-refractivity contribution in [1.82, 2.24) is 4.90 Å². The van der Waals surface area contributed by atoms with Gasteiger partial charge >= 0.3 is 0 Å². The van der Waals surface area contributed by atoms with Gasteiger partial charge in [-0.2, -0.15) is 0 Å². The molecule has 0 spiro atoms. The fourth-order valence-electron chi connectivity index (χ4n) is 3.07. The second-order valence-corrected chi connectivity index (χ2v) is 6.98. The average molecular weight is 410 g/mol. The van der Waals surface area contributed by atoms with Crippen molar-refractivity contribution in [3.05, 3.63) is 59.7 Å². The van der Waals surface area contributed by atoms with Crippen LogP contribution >= 0.6 is 0 Å². The summed E-state index contributed by atoms with van der Waals surface area (Å²) >= 11 is 0. The predicted molar refractivity (Wildman–Crippen MR) is 115 cm³/mol. The summed E-state index contributed by atoms with van der Waals surface area (Å²) in [5, 5.41) is 12.6. The molecule has 1 saturated heterocycles. The Bertz CT molecular complexity index is 902. The molecular formula is C23H26N2O5. The normalized spacial score (nSPS) is 14.6. The number of phenols is 1. The lowest BCUT2D eigenvalue weighted by Gasteiger charge is -2.26. The lowest BCUT2D eigenvalue weighted by molar-refractivity contribution is -0.114. The van der Waals surface area contributed by atoms with Crippen LogP contribution in [0, 0.1) is 0 Å². The fraction of sp³-hybridized carbons (Fsp3) is 0.304. The van der Waals surface area contributed by atoms with Gasteiger partial charge in [0.15, 0.2) is 5.78 Å². The first-order chi connectivity index (χ1) is 14.5. The van der Waals surface area contributed by atoms with E-state index < -0.39 is 0 Å². The first kappa shape index (κ1) is 21.5. The van der Waals surface area contributed by atoms with Crippen molar-refractivity contribution in [2.24, 2.45) is 0 Å². The number of allylic oxidation sites excluding steroid dienone is 1. The molecule has 7 nitrogen and oxygen atoms in total. The third-order valence-corrected chi connectivity index (χ3v) is 4.67. The van der Waals surface area contributed by atoms with Gasteiger partial charge in [-0.15, -0.1) is 0 Å². The number of ketones is 1. The van der Waals surface area contributed by atoms with Crippen LogP contribution in [-0.4, -0.2) is 61.2 Å². The third kappa shape index (κ3) is 6.43. The van der Waals surface area contributed by atoms with E-state index in [2.05, 4.69) is 10.2 Å². The van der Waals surface area contributed by atoms with Crippen LogP contribution in [0.5, 0.6) is 11.5 Å². The predicted octanol–water partition coefficient (Wildman–Crippen LogP) is 2.96. The summed E-state index contributed by atoms with van der Waals surface area (Å²) in [5.74, 6) is 0.0302. The van der Waals surface area contributed by atoms with Gasteiger partial charge in [0.25, 0.3) is 0 Å². The number of nitrogens with one attached hydrogen (secondary N) is 1. The Morgan fingerprint density at radius 2 is 1.90 bits per heavy atom. The lowest BCUT2D eigenvalue weighted by atomic mass is 10.1. The van der Waals surface area contributed by atoms with Gasteiger partial charge in [-0.1, -0.05) is 18.2 Å². The number of rotatable bonds is 8. The molecule has 0 bridgehead atoms. The van der Waals surface area contributed by atoms with E-state index in [1.54, 1.807) is 6.08 Å². The first-order valence-corrected chi connectivity index (χ1v) is 9.87. The molecular weight excluding hydrogens is 384 g/mol. The van der Waals surface area contributed by atoms with Crippen LogP contribution in [0.25, 0.3) is 6.08 Å². The number of anilines is 1. The molecule has 0 saturated carbocycles. The van der Waals surface area contributed by atoms with Crippen molar-refractivity contribution in [3.63, 3.8) is 0 Å². The van der Waals surface area contributed by atoms with Crippen LogP contribution in [0.1, 0.15) is 22.8 Å². The molecule has 2 aromatic carbocycles. The zero-order valence-corrected chi connectivity index (χ0v) is 17.0. The molecule has 0 aromatic heterocycles. The maximum Gasteiger partial charge on any atom is 0.221 e. The summed E-state index contributed by atoms with van der Waals surface area (Å²) in [6, 6.07) is 11.8.